The van der Waals surface area contributed by atoms with Gasteiger partial charge < -0.3 is 20.6 Å². The zero-order valence-electron chi connectivity index (χ0n) is 15.1. The average molecular weight is 301 g/mol. The molecule has 0 aliphatic carbocycles. The number of aliphatic hydroxyl groups excluding tert-OH is 1. The molecule has 3 N–H and O–H groups in total. The van der Waals surface area contributed by atoms with Gasteiger partial charge in [-0.3, -0.25) is 0 Å². The molecule has 2 unspecified atom stereocenters. The van der Waals surface area contributed by atoms with Gasteiger partial charge in [0.05, 0.1) is 12.6 Å². The number of hydrogen-bond acceptors (Lipinski definition) is 3. The van der Waals surface area contributed by atoms with Crippen molar-refractivity contribution >= 4 is 6.03 Å². The van der Waals surface area contributed by atoms with Gasteiger partial charge in [0, 0.05) is 12.6 Å². The van der Waals surface area contributed by atoms with Crippen molar-refractivity contribution in [2.45, 2.75) is 60.0 Å². The number of carbonyl (C=O) groups excluding carboxylic acids is 1. The first-order valence-electron chi connectivity index (χ1n) is 7.70. The lowest BCUT2D eigenvalue weighted by Gasteiger charge is -2.35. The van der Waals surface area contributed by atoms with Crippen LogP contribution in [-0.2, 0) is 0 Å². The third-order valence-electron chi connectivity index (χ3n) is 3.66. The van der Waals surface area contributed by atoms with E-state index in [0.717, 1.165) is 13.0 Å². The van der Waals surface area contributed by atoms with E-state index in [9.17, 15) is 9.90 Å². The number of aliphatic hydroxyl groups is 1. The Bertz CT molecular complexity index is 322. The molecule has 2 atom stereocenters. The van der Waals surface area contributed by atoms with Gasteiger partial charge in [-0.1, -0.05) is 34.6 Å². The van der Waals surface area contributed by atoms with Crippen LogP contribution in [0.4, 0.5) is 4.79 Å². The minimum atomic E-state index is -0.214. The summed E-state index contributed by atoms with van der Waals surface area (Å²) in [5.74, 6) is 0. The third-order valence-corrected chi connectivity index (χ3v) is 3.66. The molecule has 0 saturated carbocycles. The van der Waals surface area contributed by atoms with E-state index < -0.39 is 0 Å². The van der Waals surface area contributed by atoms with Crippen LogP contribution in [0.5, 0.6) is 0 Å². The normalized spacial score (nSPS) is 15.7. The molecule has 0 radical (unpaired) electrons. The quantitative estimate of drug-likeness (QED) is 0.674. The molecule has 0 rings (SSSR count). The minimum Gasteiger partial charge on any atom is -0.394 e. The van der Waals surface area contributed by atoms with Crippen LogP contribution < -0.4 is 10.6 Å². The molecule has 0 spiro atoms. The second-order valence-corrected chi connectivity index (χ2v) is 8.21. The van der Waals surface area contributed by atoms with Crippen molar-refractivity contribution in [1.29, 1.82) is 0 Å². The highest BCUT2D eigenvalue weighted by Crippen LogP contribution is 2.22. The first-order valence-corrected chi connectivity index (χ1v) is 7.70. The fourth-order valence-corrected chi connectivity index (χ4v) is 2.47. The van der Waals surface area contributed by atoms with Crippen molar-refractivity contribution in [1.82, 2.24) is 15.5 Å². The van der Waals surface area contributed by atoms with E-state index in [2.05, 4.69) is 50.2 Å². The van der Waals surface area contributed by atoms with Crippen LogP contribution in [0, 0.1) is 10.8 Å². The summed E-state index contributed by atoms with van der Waals surface area (Å²) < 4.78 is 0. The van der Waals surface area contributed by atoms with E-state index in [1.54, 1.807) is 0 Å². The Morgan fingerprint density at radius 2 is 1.67 bits per heavy atom. The largest absolute Gasteiger partial charge is 0.394 e. The van der Waals surface area contributed by atoms with Crippen LogP contribution in [0.3, 0.4) is 0 Å². The standard InChI is InChI=1S/C16H35N3O2/c1-12(16(5,6)11-19(7)8)17-14(21)18-13(10-20)9-15(2,3)4/h12-13,20H,9-11H2,1-8H3,(H2,17,18,21). The number of hydrogen-bond donors (Lipinski definition) is 3. The van der Waals surface area contributed by atoms with Crippen LogP contribution in [0.2, 0.25) is 0 Å². The molecule has 0 bridgehead atoms. The maximum atomic E-state index is 12.1. The Morgan fingerprint density at radius 3 is 2.05 bits per heavy atom. The molecule has 5 heteroatoms. The fourth-order valence-electron chi connectivity index (χ4n) is 2.47. The highest BCUT2D eigenvalue weighted by atomic mass is 16.3. The number of rotatable bonds is 7. The van der Waals surface area contributed by atoms with Gasteiger partial charge in [-0.05, 0) is 38.3 Å². The second kappa shape index (κ2) is 7.99. The molecule has 2 amide bonds. The number of carbonyl (C=O) groups is 1. The van der Waals surface area contributed by atoms with Gasteiger partial charge >= 0.3 is 6.03 Å². The summed E-state index contributed by atoms with van der Waals surface area (Å²) in [6, 6.07) is -0.388. The highest BCUT2D eigenvalue weighted by Gasteiger charge is 2.28. The van der Waals surface area contributed by atoms with Crippen molar-refractivity contribution in [3.63, 3.8) is 0 Å². The number of nitrogens with one attached hydrogen (secondary N) is 2. The molecule has 0 heterocycles. The fraction of sp³-hybridized carbons (Fsp3) is 0.938. The van der Waals surface area contributed by atoms with Crippen molar-refractivity contribution in [3.8, 4) is 0 Å². The predicted octanol–water partition coefficient (Wildman–Crippen LogP) is 2.06. The smallest absolute Gasteiger partial charge is 0.315 e. The van der Waals surface area contributed by atoms with Crippen LogP contribution in [0.1, 0.15) is 48.0 Å². The molecule has 0 aliphatic rings. The van der Waals surface area contributed by atoms with E-state index in [1.807, 2.05) is 21.0 Å². The maximum Gasteiger partial charge on any atom is 0.315 e. The molecule has 0 aliphatic heterocycles. The Kier molecular flexibility index (Phi) is 7.68. The summed E-state index contributed by atoms with van der Waals surface area (Å²) in [6.45, 7) is 13.4. The minimum absolute atomic E-state index is 0.0282. The molecule has 0 aromatic heterocycles. The Morgan fingerprint density at radius 1 is 1.14 bits per heavy atom. The molecule has 126 valence electrons. The summed E-state index contributed by atoms with van der Waals surface area (Å²) in [7, 11) is 4.05. The van der Waals surface area contributed by atoms with Crippen molar-refractivity contribution in [2.75, 3.05) is 27.2 Å². The zero-order chi connectivity index (χ0) is 16.8. The van der Waals surface area contributed by atoms with Gasteiger partial charge in [0.1, 0.15) is 0 Å². The number of urea groups is 1. The van der Waals surface area contributed by atoms with Crippen LogP contribution in [0.15, 0.2) is 0 Å². The Hall–Kier alpha value is -0.810. The summed E-state index contributed by atoms with van der Waals surface area (Å²) in [6.07, 6.45) is 0.742. The average Bonchev–Trinajstić information content (AvgIpc) is 2.24. The molecule has 0 fully saturated rings. The van der Waals surface area contributed by atoms with Gasteiger partial charge in [-0.15, -0.1) is 0 Å². The van der Waals surface area contributed by atoms with Crippen molar-refractivity contribution in [3.05, 3.63) is 0 Å². The lowest BCUT2D eigenvalue weighted by atomic mass is 9.85. The summed E-state index contributed by atoms with van der Waals surface area (Å²) in [4.78, 5) is 14.2. The van der Waals surface area contributed by atoms with Gasteiger partial charge in [-0.25, -0.2) is 4.79 Å². The van der Waals surface area contributed by atoms with Gasteiger partial charge in [-0.2, -0.15) is 0 Å². The lowest BCUT2D eigenvalue weighted by Crippen LogP contribution is -2.53. The summed E-state index contributed by atoms with van der Waals surface area (Å²) >= 11 is 0. The second-order valence-electron chi connectivity index (χ2n) is 8.21. The Balaban J connectivity index is 4.47. The monoisotopic (exact) mass is 301 g/mol. The maximum absolute atomic E-state index is 12.1. The molecule has 0 aromatic carbocycles. The molecule has 5 nitrogen and oxygen atoms in total. The van der Waals surface area contributed by atoms with Crippen LogP contribution >= 0.6 is 0 Å². The molecular formula is C16H35N3O2. The first-order chi connectivity index (χ1) is 9.37. The van der Waals surface area contributed by atoms with Gasteiger partial charge in [0.15, 0.2) is 0 Å². The number of nitrogens with zero attached hydrogens (tertiary/aromatic N) is 1. The van der Waals surface area contributed by atoms with Gasteiger partial charge in [0.2, 0.25) is 0 Å². The first kappa shape index (κ1) is 20.2. The van der Waals surface area contributed by atoms with Crippen molar-refractivity contribution < 1.29 is 9.90 Å². The molecule has 0 saturated heterocycles. The van der Waals surface area contributed by atoms with Crippen molar-refractivity contribution in [2.24, 2.45) is 10.8 Å². The molecular weight excluding hydrogens is 266 g/mol. The third kappa shape index (κ3) is 8.94. The van der Waals surface area contributed by atoms with E-state index in [1.165, 1.54) is 0 Å². The molecule has 0 aromatic rings. The van der Waals surface area contributed by atoms with Crippen LogP contribution in [0.25, 0.3) is 0 Å². The lowest BCUT2D eigenvalue weighted by molar-refractivity contribution is 0.168. The van der Waals surface area contributed by atoms with Crippen LogP contribution in [-0.4, -0.2) is 55.4 Å². The number of amides is 2. The summed E-state index contributed by atoms with van der Waals surface area (Å²) in [5.41, 5.74) is 0.0378. The Labute approximate surface area is 130 Å². The van der Waals surface area contributed by atoms with E-state index in [0.29, 0.717) is 0 Å². The van der Waals surface area contributed by atoms with E-state index >= 15 is 0 Å². The topological polar surface area (TPSA) is 64.6 Å². The van der Waals surface area contributed by atoms with E-state index in [4.69, 9.17) is 0 Å². The zero-order valence-corrected chi connectivity index (χ0v) is 15.1. The summed E-state index contributed by atoms with van der Waals surface area (Å²) in [5, 5.41) is 15.3. The highest BCUT2D eigenvalue weighted by molar-refractivity contribution is 5.74. The van der Waals surface area contributed by atoms with E-state index in [-0.39, 0.29) is 35.6 Å². The predicted molar refractivity (Wildman–Crippen MR) is 88.4 cm³/mol. The SMILES string of the molecule is CC(NC(=O)NC(CO)CC(C)(C)C)C(C)(C)CN(C)C. The van der Waals surface area contributed by atoms with Gasteiger partial charge in [0.25, 0.3) is 0 Å². The molecule has 21 heavy (non-hydrogen) atoms.